The smallest absolute Gasteiger partial charge is 0.343 e. The second-order valence-electron chi connectivity index (χ2n) is 7.89. The lowest BCUT2D eigenvalue weighted by molar-refractivity contribution is 0.0373. The number of benzene rings is 4. The molecule has 0 spiro atoms. The summed E-state index contributed by atoms with van der Waals surface area (Å²) >= 11 is 0. The number of fused-ring (bicyclic) bond motifs is 1. The molecule has 0 amide bonds. The zero-order valence-corrected chi connectivity index (χ0v) is 18.7. The number of hydrogen-bond donors (Lipinski definition) is 0. The van der Waals surface area contributed by atoms with E-state index in [1.54, 1.807) is 79.0 Å². The van der Waals surface area contributed by atoms with E-state index < -0.39 is 18.0 Å². The Kier molecular flexibility index (Phi) is 6.31. The van der Waals surface area contributed by atoms with Crippen LogP contribution in [0.5, 0.6) is 5.75 Å². The van der Waals surface area contributed by atoms with Crippen LogP contribution in [-0.2, 0) is 4.74 Å². The minimum absolute atomic E-state index is 0.390. The summed E-state index contributed by atoms with van der Waals surface area (Å²) in [6.07, 6.45) is 0.949. The zero-order valence-electron chi connectivity index (χ0n) is 18.7. The summed E-state index contributed by atoms with van der Waals surface area (Å²) in [4.78, 5) is 30.0. The third-order valence-corrected chi connectivity index (χ3v) is 5.59. The van der Waals surface area contributed by atoms with E-state index in [0.29, 0.717) is 28.1 Å². The van der Waals surface area contributed by atoms with Crippen LogP contribution in [0.2, 0.25) is 0 Å². The molecule has 1 heterocycles. The Morgan fingerprint density at radius 2 is 1.23 bits per heavy atom. The Bertz CT molecular complexity index is 1460. The van der Waals surface area contributed by atoms with Gasteiger partial charge in [-0.1, -0.05) is 72.8 Å². The van der Waals surface area contributed by atoms with Gasteiger partial charge in [0.1, 0.15) is 5.75 Å². The van der Waals surface area contributed by atoms with E-state index in [2.05, 4.69) is 4.98 Å². The molecule has 170 valence electrons. The molecule has 0 radical (unpaired) electrons. The Morgan fingerprint density at radius 3 is 1.91 bits per heavy atom. The predicted octanol–water partition coefficient (Wildman–Crippen LogP) is 6.40. The van der Waals surface area contributed by atoms with Gasteiger partial charge >= 0.3 is 11.9 Å². The van der Waals surface area contributed by atoms with Crippen molar-refractivity contribution in [3.8, 4) is 5.75 Å². The topological polar surface area (TPSA) is 65.5 Å². The number of carbonyl (C=O) groups excluding carboxylic acids is 2. The van der Waals surface area contributed by atoms with Crippen molar-refractivity contribution in [3.05, 3.63) is 144 Å². The monoisotopic (exact) mass is 459 g/mol. The maximum absolute atomic E-state index is 13.0. The van der Waals surface area contributed by atoms with Gasteiger partial charge in [0.2, 0.25) is 0 Å². The van der Waals surface area contributed by atoms with Gasteiger partial charge in [-0.2, -0.15) is 0 Å². The summed E-state index contributed by atoms with van der Waals surface area (Å²) in [5.41, 5.74) is 2.25. The molecule has 0 bridgehead atoms. The molecule has 0 aliphatic carbocycles. The maximum Gasteiger partial charge on any atom is 0.343 e. The van der Waals surface area contributed by atoms with Crippen LogP contribution in [0, 0.1) is 0 Å². The molecule has 4 aromatic carbocycles. The summed E-state index contributed by atoms with van der Waals surface area (Å²) < 4.78 is 11.5. The molecule has 5 aromatic rings. The number of ether oxygens (including phenoxy) is 2. The summed E-state index contributed by atoms with van der Waals surface area (Å²) in [7, 11) is 0. The molecule has 0 saturated carbocycles. The number of pyridine rings is 1. The fraction of sp³-hybridized carbons (Fsp3) is 0.0333. The molecular formula is C30H21NO4. The molecule has 1 unspecified atom stereocenters. The van der Waals surface area contributed by atoms with E-state index in [9.17, 15) is 9.59 Å². The van der Waals surface area contributed by atoms with E-state index in [1.807, 2.05) is 42.5 Å². The van der Waals surface area contributed by atoms with Crippen LogP contribution in [-0.4, -0.2) is 16.9 Å². The number of aromatic nitrogens is 1. The molecule has 0 fully saturated rings. The molecule has 0 aliphatic heterocycles. The lowest BCUT2D eigenvalue weighted by atomic mass is 10.0. The van der Waals surface area contributed by atoms with Gasteiger partial charge in [0.05, 0.1) is 16.8 Å². The van der Waals surface area contributed by atoms with Crippen molar-refractivity contribution >= 4 is 22.7 Å². The van der Waals surface area contributed by atoms with E-state index >= 15 is 0 Å². The first kappa shape index (κ1) is 22.0. The molecule has 1 aromatic heterocycles. The van der Waals surface area contributed by atoms with Crippen molar-refractivity contribution in [2.75, 3.05) is 0 Å². The van der Waals surface area contributed by atoms with E-state index in [0.717, 1.165) is 10.8 Å². The van der Waals surface area contributed by atoms with Crippen LogP contribution in [0.3, 0.4) is 0 Å². The van der Waals surface area contributed by atoms with Crippen LogP contribution in [0.25, 0.3) is 10.8 Å². The van der Waals surface area contributed by atoms with E-state index in [4.69, 9.17) is 9.47 Å². The molecule has 5 heteroatoms. The highest BCUT2D eigenvalue weighted by atomic mass is 16.5. The molecule has 5 nitrogen and oxygen atoms in total. The highest BCUT2D eigenvalue weighted by Gasteiger charge is 2.24. The van der Waals surface area contributed by atoms with Gasteiger partial charge in [-0.15, -0.1) is 0 Å². The van der Waals surface area contributed by atoms with Gasteiger partial charge < -0.3 is 9.47 Å². The first-order valence-corrected chi connectivity index (χ1v) is 11.2. The average molecular weight is 460 g/mol. The van der Waals surface area contributed by atoms with Gasteiger partial charge in [0, 0.05) is 11.6 Å². The quantitative estimate of drug-likeness (QED) is 0.217. The van der Waals surface area contributed by atoms with Crippen molar-refractivity contribution < 1.29 is 19.1 Å². The standard InChI is InChI=1S/C30H21NO4/c32-29(23-10-3-1-4-11-23)34-25-17-15-22(16-18-25)28(35-30(33)24-12-5-2-6-13-24)27-26-14-8-7-9-21(26)19-20-31-27/h1-20,28H. The minimum atomic E-state index is -0.757. The summed E-state index contributed by atoms with van der Waals surface area (Å²) in [6.45, 7) is 0. The highest BCUT2D eigenvalue weighted by molar-refractivity contribution is 5.91. The predicted molar refractivity (Wildman–Crippen MR) is 133 cm³/mol. The molecule has 0 N–H and O–H groups in total. The molecule has 35 heavy (non-hydrogen) atoms. The van der Waals surface area contributed by atoms with Gasteiger partial charge in [-0.05, 0) is 53.4 Å². The van der Waals surface area contributed by atoms with Crippen LogP contribution in [0.1, 0.15) is 38.1 Å². The Hall–Kier alpha value is -4.77. The summed E-state index contributed by atoms with van der Waals surface area (Å²) in [5.74, 6) is -0.507. The lowest BCUT2D eigenvalue weighted by Gasteiger charge is -2.20. The van der Waals surface area contributed by atoms with Crippen LogP contribution >= 0.6 is 0 Å². The van der Waals surface area contributed by atoms with Crippen LogP contribution in [0.15, 0.2) is 121 Å². The fourth-order valence-electron chi connectivity index (χ4n) is 3.83. The van der Waals surface area contributed by atoms with Gasteiger partial charge in [0.15, 0.2) is 6.10 Å². The third kappa shape index (κ3) is 4.94. The molecule has 0 aliphatic rings. The normalized spacial score (nSPS) is 11.5. The van der Waals surface area contributed by atoms with E-state index in [-0.39, 0.29) is 0 Å². The number of rotatable bonds is 6. The second kappa shape index (κ2) is 10.0. The minimum Gasteiger partial charge on any atom is -0.447 e. The van der Waals surface area contributed by atoms with E-state index in [1.165, 1.54) is 0 Å². The number of nitrogens with zero attached hydrogens (tertiary/aromatic N) is 1. The Balaban J connectivity index is 1.48. The number of hydrogen-bond acceptors (Lipinski definition) is 5. The van der Waals surface area contributed by atoms with Crippen molar-refractivity contribution in [2.45, 2.75) is 6.10 Å². The zero-order chi connectivity index (χ0) is 24.0. The first-order chi connectivity index (χ1) is 17.2. The number of carbonyl (C=O) groups is 2. The highest BCUT2D eigenvalue weighted by Crippen LogP contribution is 2.32. The Morgan fingerprint density at radius 1 is 0.629 bits per heavy atom. The average Bonchev–Trinajstić information content (AvgIpc) is 2.93. The maximum atomic E-state index is 13.0. The van der Waals surface area contributed by atoms with Crippen molar-refractivity contribution in [3.63, 3.8) is 0 Å². The summed E-state index contributed by atoms with van der Waals surface area (Å²) in [5, 5.41) is 1.88. The van der Waals surface area contributed by atoms with Crippen molar-refractivity contribution in [2.24, 2.45) is 0 Å². The van der Waals surface area contributed by atoms with Crippen LogP contribution in [0.4, 0.5) is 0 Å². The third-order valence-electron chi connectivity index (χ3n) is 5.59. The van der Waals surface area contributed by atoms with Crippen molar-refractivity contribution in [1.29, 1.82) is 0 Å². The largest absolute Gasteiger partial charge is 0.447 e. The molecular weight excluding hydrogens is 438 g/mol. The SMILES string of the molecule is O=C(Oc1ccc(C(OC(=O)c2ccccc2)c2nccc3ccccc23)cc1)c1ccccc1. The van der Waals surface area contributed by atoms with Crippen molar-refractivity contribution in [1.82, 2.24) is 4.98 Å². The lowest BCUT2D eigenvalue weighted by Crippen LogP contribution is -2.15. The summed E-state index contributed by atoms with van der Waals surface area (Å²) in [6, 6.07) is 34.3. The Labute approximate surface area is 202 Å². The fourth-order valence-corrected chi connectivity index (χ4v) is 3.83. The van der Waals surface area contributed by atoms with Crippen LogP contribution < -0.4 is 4.74 Å². The van der Waals surface area contributed by atoms with Gasteiger partial charge in [-0.25, -0.2) is 9.59 Å². The molecule has 0 saturated heterocycles. The van der Waals surface area contributed by atoms with Gasteiger partial charge in [-0.3, -0.25) is 4.98 Å². The number of esters is 2. The second-order valence-corrected chi connectivity index (χ2v) is 7.89. The molecule has 1 atom stereocenters. The first-order valence-electron chi connectivity index (χ1n) is 11.2. The van der Waals surface area contributed by atoms with Gasteiger partial charge in [0.25, 0.3) is 0 Å². The molecule has 5 rings (SSSR count).